The molecule has 4 heteroatoms. The van der Waals surface area contributed by atoms with Gasteiger partial charge in [0, 0.05) is 21.7 Å². The monoisotopic (exact) mass is 362 g/mol. The van der Waals surface area contributed by atoms with Crippen molar-refractivity contribution >= 4 is 34.3 Å². The van der Waals surface area contributed by atoms with E-state index in [0.717, 1.165) is 33.1 Å². The number of fused-ring (bicyclic) bond motifs is 1. The second kappa shape index (κ2) is 7.26. The molecule has 0 spiro atoms. The maximum Gasteiger partial charge on any atom is 0.189 e. The largest absolute Gasteiger partial charge is 0.222 e. The summed E-state index contributed by atoms with van der Waals surface area (Å²) in [6.45, 7) is 0. The van der Waals surface area contributed by atoms with Crippen molar-refractivity contribution in [1.29, 1.82) is 0 Å². The zero-order valence-electron chi connectivity index (χ0n) is 13.4. The molecule has 4 aromatic rings. The molecule has 1 aromatic heterocycles. The summed E-state index contributed by atoms with van der Waals surface area (Å²) < 4.78 is 0. The minimum atomic E-state index is 0.693. The van der Waals surface area contributed by atoms with Crippen LogP contribution in [0.3, 0.4) is 0 Å². The van der Waals surface area contributed by atoms with Crippen LogP contribution in [0.1, 0.15) is 5.56 Å². The summed E-state index contributed by atoms with van der Waals surface area (Å²) in [6.07, 6.45) is 0. The number of thioether (sulfide) groups is 1. The van der Waals surface area contributed by atoms with Crippen LogP contribution in [0.2, 0.25) is 5.02 Å². The first-order valence-electron chi connectivity index (χ1n) is 7.99. The molecule has 0 saturated carbocycles. The average Bonchev–Trinajstić information content (AvgIpc) is 2.67. The van der Waals surface area contributed by atoms with Crippen LogP contribution in [0, 0.1) is 0 Å². The van der Waals surface area contributed by atoms with E-state index in [4.69, 9.17) is 21.6 Å². The summed E-state index contributed by atoms with van der Waals surface area (Å²) in [6, 6.07) is 26.3. The summed E-state index contributed by atoms with van der Waals surface area (Å²) in [5.41, 5.74) is 4.16. The Labute approximate surface area is 155 Å². The molecule has 3 aromatic carbocycles. The zero-order chi connectivity index (χ0) is 17.1. The van der Waals surface area contributed by atoms with Gasteiger partial charge in [0.2, 0.25) is 0 Å². The quantitative estimate of drug-likeness (QED) is 0.317. The van der Waals surface area contributed by atoms with Gasteiger partial charge in [-0.2, -0.15) is 0 Å². The smallest absolute Gasteiger partial charge is 0.189 e. The predicted octanol–water partition coefficient (Wildman–Crippen LogP) is 6.24. The van der Waals surface area contributed by atoms with E-state index in [1.54, 1.807) is 11.8 Å². The maximum absolute atomic E-state index is 6.20. The van der Waals surface area contributed by atoms with Gasteiger partial charge in [-0.3, -0.25) is 0 Å². The molecule has 0 saturated heterocycles. The van der Waals surface area contributed by atoms with Gasteiger partial charge in [-0.1, -0.05) is 84.0 Å². The molecule has 0 unspecified atom stereocenters. The van der Waals surface area contributed by atoms with Crippen molar-refractivity contribution in [2.24, 2.45) is 0 Å². The van der Waals surface area contributed by atoms with Gasteiger partial charge < -0.3 is 0 Å². The highest BCUT2D eigenvalue weighted by Gasteiger charge is 2.11. The van der Waals surface area contributed by atoms with Gasteiger partial charge in [0.15, 0.2) is 5.16 Å². The van der Waals surface area contributed by atoms with Crippen molar-refractivity contribution in [1.82, 2.24) is 9.97 Å². The lowest BCUT2D eigenvalue weighted by Crippen LogP contribution is -1.94. The molecule has 0 amide bonds. The maximum atomic E-state index is 6.20. The Balaban J connectivity index is 1.77. The first kappa shape index (κ1) is 16.1. The third-order valence-electron chi connectivity index (χ3n) is 3.90. The van der Waals surface area contributed by atoms with Gasteiger partial charge >= 0.3 is 0 Å². The van der Waals surface area contributed by atoms with E-state index >= 15 is 0 Å². The number of benzene rings is 3. The van der Waals surface area contributed by atoms with E-state index in [0.29, 0.717) is 5.02 Å². The van der Waals surface area contributed by atoms with Crippen molar-refractivity contribution < 1.29 is 0 Å². The van der Waals surface area contributed by atoms with Crippen LogP contribution in [0.4, 0.5) is 0 Å². The lowest BCUT2D eigenvalue weighted by atomic mass is 10.1. The molecule has 0 fully saturated rings. The molecular weight excluding hydrogens is 348 g/mol. The molecule has 0 atom stereocenters. The van der Waals surface area contributed by atoms with E-state index in [1.807, 2.05) is 42.5 Å². The van der Waals surface area contributed by atoms with Crippen LogP contribution in [-0.4, -0.2) is 9.97 Å². The third kappa shape index (κ3) is 3.68. The summed E-state index contributed by atoms with van der Waals surface area (Å²) in [5.74, 6) is 0.841. The van der Waals surface area contributed by atoms with Crippen LogP contribution in [0.5, 0.6) is 0 Å². The number of halogens is 1. The number of aromatic nitrogens is 2. The standard InChI is InChI=1S/C21H15ClN2S/c22-17-11-12-19-18(13-17)20(16-9-5-2-6-10-16)24-21(23-19)25-14-15-7-3-1-4-8-15/h1-13H,14H2. The summed E-state index contributed by atoms with van der Waals surface area (Å²) in [4.78, 5) is 9.53. The molecule has 0 N–H and O–H groups in total. The first-order chi connectivity index (χ1) is 12.3. The van der Waals surface area contributed by atoms with Crippen molar-refractivity contribution in [3.8, 4) is 11.3 Å². The Bertz CT molecular complexity index is 1000. The fourth-order valence-electron chi connectivity index (χ4n) is 2.68. The van der Waals surface area contributed by atoms with Gasteiger partial charge in [-0.25, -0.2) is 9.97 Å². The number of rotatable bonds is 4. The molecule has 2 nitrogen and oxygen atoms in total. The Morgan fingerprint density at radius 3 is 2.28 bits per heavy atom. The van der Waals surface area contributed by atoms with Crippen molar-refractivity contribution in [2.75, 3.05) is 0 Å². The Kier molecular flexibility index (Phi) is 4.68. The lowest BCUT2D eigenvalue weighted by molar-refractivity contribution is 1.01. The SMILES string of the molecule is Clc1ccc2nc(SCc3ccccc3)nc(-c3ccccc3)c2c1. The molecule has 122 valence electrons. The van der Waals surface area contributed by atoms with Gasteiger partial charge in [-0.05, 0) is 23.8 Å². The van der Waals surface area contributed by atoms with Gasteiger partial charge in [0.25, 0.3) is 0 Å². The zero-order valence-corrected chi connectivity index (χ0v) is 15.0. The highest BCUT2D eigenvalue weighted by molar-refractivity contribution is 7.98. The van der Waals surface area contributed by atoms with E-state index in [2.05, 4.69) is 36.4 Å². The molecular formula is C21H15ClN2S. The van der Waals surface area contributed by atoms with Crippen molar-refractivity contribution in [2.45, 2.75) is 10.9 Å². The van der Waals surface area contributed by atoms with Crippen molar-refractivity contribution in [3.63, 3.8) is 0 Å². The van der Waals surface area contributed by atoms with E-state index in [-0.39, 0.29) is 0 Å². The molecule has 4 rings (SSSR count). The molecule has 1 heterocycles. The van der Waals surface area contributed by atoms with Gasteiger partial charge in [0.1, 0.15) is 0 Å². The summed E-state index contributed by atoms with van der Waals surface area (Å²) >= 11 is 7.84. The molecule has 25 heavy (non-hydrogen) atoms. The van der Waals surface area contributed by atoms with Crippen LogP contribution >= 0.6 is 23.4 Å². The average molecular weight is 363 g/mol. The van der Waals surface area contributed by atoms with Gasteiger partial charge in [-0.15, -0.1) is 0 Å². The van der Waals surface area contributed by atoms with Crippen LogP contribution in [0.25, 0.3) is 22.2 Å². The Morgan fingerprint density at radius 1 is 0.800 bits per heavy atom. The molecule has 0 radical (unpaired) electrons. The first-order valence-corrected chi connectivity index (χ1v) is 9.35. The minimum absolute atomic E-state index is 0.693. The third-order valence-corrected chi connectivity index (χ3v) is 5.05. The highest BCUT2D eigenvalue weighted by atomic mass is 35.5. The fourth-order valence-corrected chi connectivity index (χ4v) is 3.66. The van der Waals surface area contributed by atoms with Crippen molar-refractivity contribution in [3.05, 3.63) is 89.4 Å². The fraction of sp³-hybridized carbons (Fsp3) is 0.0476. The Morgan fingerprint density at radius 2 is 1.52 bits per heavy atom. The molecule has 0 bridgehead atoms. The van der Waals surface area contributed by atoms with Crippen LogP contribution in [-0.2, 0) is 5.75 Å². The van der Waals surface area contributed by atoms with Gasteiger partial charge in [0.05, 0.1) is 11.2 Å². The van der Waals surface area contributed by atoms with E-state index < -0.39 is 0 Å². The normalized spacial score (nSPS) is 10.9. The topological polar surface area (TPSA) is 25.8 Å². The van der Waals surface area contributed by atoms with E-state index in [9.17, 15) is 0 Å². The predicted molar refractivity (Wildman–Crippen MR) is 106 cm³/mol. The number of hydrogen-bond acceptors (Lipinski definition) is 3. The summed E-state index contributed by atoms with van der Waals surface area (Å²) in [5, 5.41) is 2.44. The number of nitrogens with zero attached hydrogens (tertiary/aromatic N) is 2. The minimum Gasteiger partial charge on any atom is -0.222 e. The lowest BCUT2D eigenvalue weighted by Gasteiger charge is -2.09. The van der Waals surface area contributed by atoms with Crippen LogP contribution < -0.4 is 0 Å². The van der Waals surface area contributed by atoms with Crippen LogP contribution in [0.15, 0.2) is 84.0 Å². The number of hydrogen-bond donors (Lipinski definition) is 0. The van der Waals surface area contributed by atoms with E-state index in [1.165, 1.54) is 5.56 Å². The Hall–Kier alpha value is -2.36. The second-order valence-electron chi connectivity index (χ2n) is 5.66. The molecule has 0 aliphatic rings. The molecule has 0 aliphatic carbocycles. The highest BCUT2D eigenvalue weighted by Crippen LogP contribution is 2.31. The molecule has 0 aliphatic heterocycles. The summed E-state index contributed by atoms with van der Waals surface area (Å²) in [7, 11) is 0. The second-order valence-corrected chi connectivity index (χ2v) is 7.04.